The third-order valence-corrected chi connectivity index (χ3v) is 10.2. The van der Waals surface area contributed by atoms with Crippen LogP contribution in [0.4, 0.5) is 0 Å². The van der Waals surface area contributed by atoms with Gasteiger partial charge in [0.05, 0.1) is 22.4 Å². The molecule has 0 saturated heterocycles. The molecule has 5 aromatic carbocycles. The van der Waals surface area contributed by atoms with Crippen LogP contribution in [0, 0.1) is 19.3 Å². The molecule has 0 radical (unpaired) electrons. The van der Waals surface area contributed by atoms with Gasteiger partial charge < -0.3 is 4.74 Å². The van der Waals surface area contributed by atoms with Crippen molar-refractivity contribution in [3.8, 4) is 39.8 Å². The number of fused-ring (bicyclic) bond motifs is 4. The second-order valence-corrected chi connectivity index (χ2v) is 13.4. The fourth-order valence-electron chi connectivity index (χ4n) is 8.16. The van der Waals surface area contributed by atoms with E-state index in [4.69, 9.17) is 9.72 Å². The molecule has 7 aromatic rings. The van der Waals surface area contributed by atoms with Crippen molar-refractivity contribution in [1.29, 1.82) is 0 Å². The van der Waals surface area contributed by atoms with Crippen molar-refractivity contribution in [3.63, 3.8) is 0 Å². The third kappa shape index (κ3) is 4.75. The Bertz CT molecular complexity index is 2270. The Hall–Kier alpha value is -5.48. The molecule has 9 rings (SSSR count). The smallest absolute Gasteiger partial charge is 0.145 e. The van der Waals surface area contributed by atoms with Crippen molar-refractivity contribution in [2.24, 2.45) is 5.41 Å². The van der Waals surface area contributed by atoms with Crippen molar-refractivity contribution < 1.29 is 4.74 Å². The van der Waals surface area contributed by atoms with Gasteiger partial charge in [-0.25, -0.2) is 4.98 Å². The first-order chi connectivity index (χ1) is 23.0. The van der Waals surface area contributed by atoms with Gasteiger partial charge in [0.25, 0.3) is 0 Å². The zero-order chi connectivity index (χ0) is 31.5. The van der Waals surface area contributed by atoms with E-state index in [0.29, 0.717) is 0 Å². The standard InChI is InChI=1S/C43H35N3O/c1-28-10-7-11-29(2)40(28)46-41-37-27-43(24-32-12-3-4-13-33(32)25-43)26-34(37)19-20-39(41)45-42(46)31-15-9-17-36(23-31)47-35-16-8-14-30(22-35)38-18-5-6-21-44-38/h3-23H,24-27H2,1-2H3. The van der Waals surface area contributed by atoms with Crippen LogP contribution in [0.25, 0.3) is 39.4 Å². The Morgan fingerprint density at radius 3 is 2.00 bits per heavy atom. The summed E-state index contributed by atoms with van der Waals surface area (Å²) >= 11 is 0. The number of para-hydroxylation sites is 1. The van der Waals surface area contributed by atoms with Crippen LogP contribution in [0.3, 0.4) is 0 Å². The minimum absolute atomic E-state index is 0.244. The molecule has 1 spiro atoms. The fourth-order valence-corrected chi connectivity index (χ4v) is 8.16. The Balaban J connectivity index is 1.16. The highest BCUT2D eigenvalue weighted by Crippen LogP contribution is 2.49. The lowest BCUT2D eigenvalue weighted by Crippen LogP contribution is -2.21. The third-order valence-electron chi connectivity index (χ3n) is 10.2. The monoisotopic (exact) mass is 609 g/mol. The number of rotatable bonds is 5. The summed E-state index contributed by atoms with van der Waals surface area (Å²) in [6.07, 6.45) is 6.28. The lowest BCUT2D eigenvalue weighted by Gasteiger charge is -2.22. The molecule has 0 bridgehead atoms. The van der Waals surface area contributed by atoms with E-state index in [2.05, 4.69) is 102 Å². The summed E-state index contributed by atoms with van der Waals surface area (Å²) < 4.78 is 8.92. The summed E-state index contributed by atoms with van der Waals surface area (Å²) in [7, 11) is 0. The molecular formula is C43H35N3O. The van der Waals surface area contributed by atoms with Gasteiger partial charge in [0, 0.05) is 17.3 Å². The van der Waals surface area contributed by atoms with Gasteiger partial charge in [-0.2, -0.15) is 0 Å². The number of hydrogen-bond acceptors (Lipinski definition) is 3. The lowest BCUT2D eigenvalue weighted by molar-refractivity contribution is 0.327. The zero-order valence-electron chi connectivity index (χ0n) is 26.7. The normalized spacial score (nSPS) is 14.4. The number of imidazole rings is 1. The minimum atomic E-state index is 0.244. The predicted octanol–water partition coefficient (Wildman–Crippen LogP) is 10.0. The first-order valence-electron chi connectivity index (χ1n) is 16.5. The Morgan fingerprint density at radius 2 is 1.28 bits per heavy atom. The maximum Gasteiger partial charge on any atom is 0.145 e. The highest BCUT2D eigenvalue weighted by Gasteiger charge is 2.43. The van der Waals surface area contributed by atoms with E-state index in [1.807, 2.05) is 48.7 Å². The Morgan fingerprint density at radius 1 is 0.617 bits per heavy atom. The maximum absolute atomic E-state index is 6.47. The van der Waals surface area contributed by atoms with Crippen LogP contribution in [0.5, 0.6) is 11.5 Å². The van der Waals surface area contributed by atoms with E-state index in [9.17, 15) is 0 Å². The second-order valence-electron chi connectivity index (χ2n) is 13.4. The fraction of sp³-hybridized carbons (Fsp3) is 0.163. The number of hydrogen-bond donors (Lipinski definition) is 0. The van der Waals surface area contributed by atoms with Crippen molar-refractivity contribution >= 4 is 11.0 Å². The average molecular weight is 610 g/mol. The van der Waals surface area contributed by atoms with E-state index in [-0.39, 0.29) is 5.41 Å². The van der Waals surface area contributed by atoms with E-state index in [1.165, 1.54) is 44.6 Å². The number of benzene rings is 5. The average Bonchev–Trinajstić information content (AvgIpc) is 3.77. The van der Waals surface area contributed by atoms with Gasteiger partial charge >= 0.3 is 0 Å². The molecule has 0 unspecified atom stereocenters. The van der Waals surface area contributed by atoms with Crippen LogP contribution >= 0.6 is 0 Å². The summed E-state index contributed by atoms with van der Waals surface area (Å²) in [5.74, 6) is 2.48. The number of ether oxygens (including phenoxy) is 1. The van der Waals surface area contributed by atoms with E-state index < -0.39 is 0 Å². The molecule has 2 aliphatic rings. The number of aromatic nitrogens is 3. The van der Waals surface area contributed by atoms with Crippen LogP contribution in [-0.2, 0) is 25.7 Å². The molecule has 4 heteroatoms. The maximum atomic E-state index is 6.47. The van der Waals surface area contributed by atoms with E-state index >= 15 is 0 Å². The lowest BCUT2D eigenvalue weighted by atomic mass is 9.82. The molecule has 47 heavy (non-hydrogen) atoms. The molecule has 0 amide bonds. The van der Waals surface area contributed by atoms with Crippen molar-refractivity contribution in [2.45, 2.75) is 39.5 Å². The van der Waals surface area contributed by atoms with Gasteiger partial charge in [-0.1, -0.05) is 78.9 Å². The van der Waals surface area contributed by atoms with Gasteiger partial charge in [-0.05, 0) is 121 Å². The van der Waals surface area contributed by atoms with Gasteiger partial charge in [0.1, 0.15) is 17.3 Å². The summed E-state index contributed by atoms with van der Waals surface area (Å²) in [4.78, 5) is 9.89. The van der Waals surface area contributed by atoms with Gasteiger partial charge in [-0.15, -0.1) is 0 Å². The molecule has 0 atom stereocenters. The van der Waals surface area contributed by atoms with Crippen LogP contribution in [-0.4, -0.2) is 14.5 Å². The summed E-state index contributed by atoms with van der Waals surface area (Å²) in [5.41, 5.74) is 15.1. The molecule has 0 fully saturated rings. The van der Waals surface area contributed by atoms with Gasteiger partial charge in [0.2, 0.25) is 0 Å². The van der Waals surface area contributed by atoms with Crippen LogP contribution in [0.2, 0.25) is 0 Å². The summed E-state index contributed by atoms with van der Waals surface area (Å²) in [6, 6.07) is 42.6. The molecule has 0 saturated carbocycles. The molecule has 228 valence electrons. The largest absolute Gasteiger partial charge is 0.457 e. The molecule has 4 nitrogen and oxygen atoms in total. The highest BCUT2D eigenvalue weighted by atomic mass is 16.5. The van der Waals surface area contributed by atoms with Crippen LogP contribution in [0.1, 0.15) is 33.4 Å². The van der Waals surface area contributed by atoms with E-state index in [0.717, 1.165) is 65.3 Å². The number of aryl methyl sites for hydroxylation is 2. The van der Waals surface area contributed by atoms with Crippen molar-refractivity contribution in [3.05, 3.63) is 161 Å². The SMILES string of the molecule is Cc1cccc(C)c1-n1c(-c2cccc(Oc3cccc(-c4ccccn4)c3)c2)nc2ccc3c(c21)CC1(Cc2ccccc2C1)C3. The van der Waals surface area contributed by atoms with Crippen molar-refractivity contribution in [1.82, 2.24) is 14.5 Å². The van der Waals surface area contributed by atoms with Gasteiger partial charge in [-0.3, -0.25) is 9.55 Å². The van der Waals surface area contributed by atoms with Crippen molar-refractivity contribution in [2.75, 3.05) is 0 Å². The molecular weight excluding hydrogens is 574 g/mol. The Kier molecular flexibility index (Phi) is 6.39. The predicted molar refractivity (Wildman–Crippen MR) is 189 cm³/mol. The minimum Gasteiger partial charge on any atom is -0.457 e. The topological polar surface area (TPSA) is 39.9 Å². The van der Waals surface area contributed by atoms with Gasteiger partial charge in [0.15, 0.2) is 0 Å². The highest BCUT2D eigenvalue weighted by molar-refractivity contribution is 5.88. The number of nitrogens with zero attached hydrogens (tertiary/aromatic N) is 3. The molecule has 2 aromatic heterocycles. The quantitative estimate of drug-likeness (QED) is 0.195. The van der Waals surface area contributed by atoms with Crippen LogP contribution < -0.4 is 4.74 Å². The van der Waals surface area contributed by atoms with Crippen LogP contribution in [0.15, 0.2) is 128 Å². The molecule has 2 aliphatic carbocycles. The Labute approximate surface area is 275 Å². The summed E-state index contributed by atoms with van der Waals surface area (Å²) in [5, 5.41) is 0. The molecule has 0 aliphatic heterocycles. The molecule has 2 heterocycles. The zero-order valence-corrected chi connectivity index (χ0v) is 26.7. The molecule has 0 N–H and O–H groups in total. The van der Waals surface area contributed by atoms with E-state index in [1.54, 1.807) is 0 Å². The number of pyridine rings is 1. The first kappa shape index (κ1) is 27.8. The second kappa shape index (κ2) is 10.8. The summed E-state index contributed by atoms with van der Waals surface area (Å²) in [6.45, 7) is 4.43. The first-order valence-corrected chi connectivity index (χ1v) is 16.5.